The molecular formula is C12H9F4N5. The molecule has 21 heavy (non-hydrogen) atoms. The third kappa shape index (κ3) is 2.30. The molecule has 0 atom stereocenters. The molecule has 0 amide bonds. The van der Waals surface area contributed by atoms with Gasteiger partial charge in [0.1, 0.15) is 11.6 Å². The molecule has 5 nitrogen and oxygen atoms in total. The van der Waals surface area contributed by atoms with Gasteiger partial charge in [-0.25, -0.2) is 9.07 Å². The monoisotopic (exact) mass is 299 g/mol. The van der Waals surface area contributed by atoms with Crippen LogP contribution >= 0.6 is 0 Å². The zero-order chi connectivity index (χ0) is 15.2. The van der Waals surface area contributed by atoms with Crippen molar-refractivity contribution in [3.8, 4) is 0 Å². The summed E-state index contributed by atoms with van der Waals surface area (Å²) in [6.45, 7) is -0.0470. The van der Waals surface area contributed by atoms with Gasteiger partial charge < -0.3 is 5.73 Å². The first-order valence-electron chi connectivity index (χ1n) is 5.88. The number of hydrogen-bond acceptors (Lipinski definition) is 3. The fourth-order valence-electron chi connectivity index (χ4n) is 2.10. The van der Waals surface area contributed by atoms with Crippen LogP contribution in [0.15, 0.2) is 24.3 Å². The Labute approximate surface area is 115 Å². The van der Waals surface area contributed by atoms with Crippen molar-refractivity contribution >= 4 is 16.9 Å². The molecule has 0 bridgehead atoms. The lowest BCUT2D eigenvalue weighted by Crippen LogP contribution is -2.10. The predicted octanol–water partition coefficient (Wildman–Crippen LogP) is 2.55. The van der Waals surface area contributed by atoms with Crippen molar-refractivity contribution in [3.05, 3.63) is 41.3 Å². The number of anilines is 1. The van der Waals surface area contributed by atoms with Crippen LogP contribution in [0.25, 0.3) is 11.0 Å². The summed E-state index contributed by atoms with van der Waals surface area (Å²) in [5.74, 6) is -0.684. The van der Waals surface area contributed by atoms with E-state index in [9.17, 15) is 17.6 Å². The van der Waals surface area contributed by atoms with Crippen molar-refractivity contribution in [3.63, 3.8) is 0 Å². The maximum atomic E-state index is 13.1. The Kier molecular flexibility index (Phi) is 2.85. The SMILES string of the molecule is Nc1[nH]nc2c1c(C(F)(F)F)nn2Cc1cccc(F)c1. The summed E-state index contributed by atoms with van der Waals surface area (Å²) in [4.78, 5) is 0. The Morgan fingerprint density at radius 2 is 2.05 bits per heavy atom. The standard InChI is InChI=1S/C12H9F4N5/c13-7-3-1-2-6(4-7)5-21-11-8(10(17)18-19-11)9(20-21)12(14,15)16/h1-4H,5H2,(H3,17,18,19). The number of halogens is 4. The Bertz CT molecular complexity index is 802. The van der Waals surface area contributed by atoms with Crippen LogP contribution in [0.2, 0.25) is 0 Å². The largest absolute Gasteiger partial charge is 0.435 e. The summed E-state index contributed by atoms with van der Waals surface area (Å²) in [6, 6.07) is 5.52. The lowest BCUT2D eigenvalue weighted by molar-refractivity contribution is -0.140. The molecule has 0 saturated heterocycles. The number of aromatic nitrogens is 4. The maximum Gasteiger partial charge on any atom is 0.435 e. The number of fused-ring (bicyclic) bond motifs is 1. The molecule has 3 N–H and O–H groups in total. The molecule has 3 rings (SSSR count). The van der Waals surface area contributed by atoms with Crippen molar-refractivity contribution in [1.82, 2.24) is 20.0 Å². The van der Waals surface area contributed by atoms with E-state index in [4.69, 9.17) is 5.73 Å². The molecule has 2 heterocycles. The first-order chi connectivity index (χ1) is 9.86. The van der Waals surface area contributed by atoms with Crippen LogP contribution in [-0.4, -0.2) is 20.0 Å². The Morgan fingerprint density at radius 3 is 2.71 bits per heavy atom. The van der Waals surface area contributed by atoms with E-state index < -0.39 is 17.7 Å². The van der Waals surface area contributed by atoms with E-state index in [1.807, 2.05) is 0 Å². The van der Waals surface area contributed by atoms with Gasteiger partial charge in [0, 0.05) is 0 Å². The molecular weight excluding hydrogens is 290 g/mol. The summed E-state index contributed by atoms with van der Waals surface area (Å²) in [5.41, 5.74) is 4.81. The summed E-state index contributed by atoms with van der Waals surface area (Å²) < 4.78 is 53.0. The number of benzene rings is 1. The molecule has 0 aliphatic rings. The van der Waals surface area contributed by atoms with Gasteiger partial charge in [-0.05, 0) is 17.7 Å². The third-order valence-corrected chi connectivity index (χ3v) is 2.97. The molecule has 110 valence electrons. The molecule has 0 spiro atoms. The van der Waals surface area contributed by atoms with Crippen LogP contribution in [0.3, 0.4) is 0 Å². The van der Waals surface area contributed by atoms with Crippen LogP contribution in [0.1, 0.15) is 11.3 Å². The van der Waals surface area contributed by atoms with Crippen molar-refractivity contribution < 1.29 is 17.6 Å². The normalized spacial score (nSPS) is 12.2. The molecule has 3 aromatic rings. The van der Waals surface area contributed by atoms with Gasteiger partial charge in [-0.2, -0.15) is 23.4 Å². The molecule has 0 aliphatic heterocycles. The van der Waals surface area contributed by atoms with E-state index in [1.165, 1.54) is 18.2 Å². The molecule has 2 aromatic heterocycles. The molecule has 0 radical (unpaired) electrons. The fourth-order valence-corrected chi connectivity index (χ4v) is 2.10. The van der Waals surface area contributed by atoms with Gasteiger partial charge in [0.05, 0.1) is 11.9 Å². The molecule has 0 saturated carbocycles. The van der Waals surface area contributed by atoms with E-state index in [2.05, 4.69) is 15.3 Å². The van der Waals surface area contributed by atoms with E-state index in [-0.39, 0.29) is 23.4 Å². The number of hydrogen-bond donors (Lipinski definition) is 2. The van der Waals surface area contributed by atoms with Crippen molar-refractivity contribution in [2.75, 3.05) is 5.73 Å². The summed E-state index contributed by atoms with van der Waals surface area (Å²) in [5, 5.41) is 9.26. The average molecular weight is 299 g/mol. The number of aromatic amines is 1. The number of H-pyrrole nitrogens is 1. The highest BCUT2D eigenvalue weighted by Crippen LogP contribution is 2.35. The second-order valence-electron chi connectivity index (χ2n) is 4.47. The second-order valence-corrected chi connectivity index (χ2v) is 4.47. The lowest BCUT2D eigenvalue weighted by Gasteiger charge is -2.04. The number of rotatable bonds is 2. The average Bonchev–Trinajstić information content (AvgIpc) is 2.91. The summed E-state index contributed by atoms with van der Waals surface area (Å²) in [7, 11) is 0. The number of nitrogens with one attached hydrogen (secondary N) is 1. The molecule has 0 unspecified atom stereocenters. The van der Waals surface area contributed by atoms with Crippen LogP contribution in [-0.2, 0) is 12.7 Å². The Hall–Kier alpha value is -2.58. The Morgan fingerprint density at radius 1 is 1.29 bits per heavy atom. The number of nitrogen functional groups attached to an aromatic ring is 1. The minimum atomic E-state index is -4.65. The van der Waals surface area contributed by atoms with Gasteiger partial charge in [0.15, 0.2) is 11.3 Å². The topological polar surface area (TPSA) is 72.5 Å². The van der Waals surface area contributed by atoms with Gasteiger partial charge in [-0.15, -0.1) is 0 Å². The van der Waals surface area contributed by atoms with Crippen LogP contribution in [0, 0.1) is 5.82 Å². The van der Waals surface area contributed by atoms with Crippen LogP contribution in [0.5, 0.6) is 0 Å². The van der Waals surface area contributed by atoms with E-state index in [0.717, 1.165) is 4.68 Å². The Balaban J connectivity index is 2.11. The molecule has 0 fully saturated rings. The lowest BCUT2D eigenvalue weighted by atomic mass is 10.2. The first kappa shape index (κ1) is 13.4. The highest BCUT2D eigenvalue weighted by Gasteiger charge is 2.38. The molecule has 9 heteroatoms. The van der Waals surface area contributed by atoms with Crippen molar-refractivity contribution in [2.24, 2.45) is 0 Å². The maximum absolute atomic E-state index is 13.1. The molecule has 0 aliphatic carbocycles. The van der Waals surface area contributed by atoms with Gasteiger partial charge >= 0.3 is 6.18 Å². The minimum Gasteiger partial charge on any atom is -0.383 e. The predicted molar refractivity (Wildman–Crippen MR) is 66.8 cm³/mol. The number of nitrogens with two attached hydrogens (primary N) is 1. The molecule has 1 aromatic carbocycles. The minimum absolute atomic E-state index is 0.0240. The number of alkyl halides is 3. The third-order valence-electron chi connectivity index (χ3n) is 2.97. The van der Waals surface area contributed by atoms with Gasteiger partial charge in [0.2, 0.25) is 0 Å². The van der Waals surface area contributed by atoms with E-state index >= 15 is 0 Å². The van der Waals surface area contributed by atoms with Crippen LogP contribution < -0.4 is 5.73 Å². The highest BCUT2D eigenvalue weighted by molar-refractivity contribution is 5.89. The summed E-state index contributed by atoms with van der Waals surface area (Å²) >= 11 is 0. The van der Waals surface area contributed by atoms with Crippen molar-refractivity contribution in [2.45, 2.75) is 12.7 Å². The zero-order valence-electron chi connectivity index (χ0n) is 10.4. The van der Waals surface area contributed by atoms with Gasteiger partial charge in [-0.3, -0.25) is 5.10 Å². The smallest absolute Gasteiger partial charge is 0.383 e. The quantitative estimate of drug-likeness (QED) is 0.714. The second kappa shape index (κ2) is 4.47. The van der Waals surface area contributed by atoms with Gasteiger partial charge in [0.25, 0.3) is 0 Å². The van der Waals surface area contributed by atoms with Crippen LogP contribution in [0.4, 0.5) is 23.4 Å². The fraction of sp³-hybridized carbons (Fsp3) is 0.167. The van der Waals surface area contributed by atoms with Crippen molar-refractivity contribution in [1.29, 1.82) is 0 Å². The summed E-state index contributed by atoms with van der Waals surface area (Å²) in [6.07, 6.45) is -4.65. The van der Waals surface area contributed by atoms with Gasteiger partial charge in [-0.1, -0.05) is 12.1 Å². The first-order valence-corrected chi connectivity index (χ1v) is 5.88. The zero-order valence-corrected chi connectivity index (χ0v) is 10.4. The van der Waals surface area contributed by atoms with E-state index in [0.29, 0.717) is 5.56 Å². The van der Waals surface area contributed by atoms with E-state index in [1.54, 1.807) is 6.07 Å². The highest BCUT2D eigenvalue weighted by atomic mass is 19.4. The number of nitrogens with zero attached hydrogens (tertiary/aromatic N) is 3.